The average Bonchev–Trinajstić information content (AvgIpc) is 3.23. The van der Waals surface area contributed by atoms with E-state index in [4.69, 9.17) is 16.3 Å². The number of benzene rings is 1. The first-order chi connectivity index (χ1) is 12.6. The van der Waals surface area contributed by atoms with Crippen LogP contribution in [0.15, 0.2) is 30.3 Å². The Balaban J connectivity index is 1.61. The number of nitrogens with one attached hydrogen (secondary N) is 2. The third-order valence-electron chi connectivity index (χ3n) is 4.35. The second-order valence-corrected chi connectivity index (χ2v) is 6.49. The molecule has 0 spiro atoms. The van der Waals surface area contributed by atoms with E-state index in [2.05, 4.69) is 25.3 Å². The van der Waals surface area contributed by atoms with Crippen LogP contribution in [0.25, 0.3) is 11.2 Å². The predicted molar refractivity (Wildman–Crippen MR) is 95.8 cm³/mol. The molecule has 2 aromatic heterocycles. The van der Waals surface area contributed by atoms with Crippen molar-refractivity contribution < 1.29 is 14.9 Å². The highest BCUT2D eigenvalue weighted by atomic mass is 35.5. The van der Waals surface area contributed by atoms with Gasteiger partial charge >= 0.3 is 0 Å². The molecule has 4 N–H and O–H groups in total. The molecule has 3 aromatic rings. The lowest BCUT2D eigenvalue weighted by Crippen LogP contribution is -2.24. The van der Waals surface area contributed by atoms with Crippen LogP contribution in [-0.2, 0) is 11.3 Å². The summed E-state index contributed by atoms with van der Waals surface area (Å²) in [4.78, 5) is 16.0. The zero-order valence-electron chi connectivity index (χ0n) is 13.8. The van der Waals surface area contributed by atoms with Crippen LogP contribution >= 0.6 is 11.6 Å². The summed E-state index contributed by atoms with van der Waals surface area (Å²) in [7, 11) is 0. The summed E-state index contributed by atoms with van der Waals surface area (Å²) in [6, 6.07) is 9.91. The van der Waals surface area contributed by atoms with Crippen LogP contribution in [-0.4, -0.2) is 49.0 Å². The second-order valence-electron chi connectivity index (χ2n) is 6.15. The van der Waals surface area contributed by atoms with Gasteiger partial charge in [-0.15, -0.1) is 0 Å². The minimum Gasteiger partial charge on any atom is -0.394 e. The van der Waals surface area contributed by atoms with E-state index in [0.29, 0.717) is 35.8 Å². The van der Waals surface area contributed by atoms with Crippen LogP contribution in [0.4, 0.5) is 5.82 Å². The van der Waals surface area contributed by atoms with Crippen LogP contribution in [0, 0.1) is 0 Å². The maximum absolute atomic E-state index is 9.92. The Labute approximate surface area is 154 Å². The van der Waals surface area contributed by atoms with Crippen molar-refractivity contribution in [3.05, 3.63) is 47.0 Å². The average molecular weight is 376 g/mol. The third kappa shape index (κ3) is 3.36. The Kier molecular flexibility index (Phi) is 4.73. The van der Waals surface area contributed by atoms with Gasteiger partial charge in [-0.2, -0.15) is 9.97 Å². The number of ether oxygens (including phenoxy) is 1. The number of hydrogen-bond acceptors (Lipinski definition) is 7. The summed E-state index contributed by atoms with van der Waals surface area (Å²) < 4.78 is 5.64. The zero-order valence-corrected chi connectivity index (χ0v) is 14.5. The first-order valence-electron chi connectivity index (χ1n) is 8.29. The van der Waals surface area contributed by atoms with Gasteiger partial charge in [0, 0.05) is 13.0 Å². The van der Waals surface area contributed by atoms with E-state index in [9.17, 15) is 10.2 Å². The van der Waals surface area contributed by atoms with Crippen molar-refractivity contribution in [3.63, 3.8) is 0 Å². The van der Waals surface area contributed by atoms with Gasteiger partial charge in [0.05, 0.1) is 12.7 Å². The second kappa shape index (κ2) is 7.16. The number of aliphatic hydroxyl groups excluding tert-OH is 2. The number of H-pyrrole nitrogens is 1. The molecule has 26 heavy (non-hydrogen) atoms. The van der Waals surface area contributed by atoms with E-state index < -0.39 is 18.3 Å². The molecule has 1 aliphatic rings. The molecule has 3 atom stereocenters. The van der Waals surface area contributed by atoms with Crippen molar-refractivity contribution in [3.8, 4) is 0 Å². The largest absolute Gasteiger partial charge is 0.394 e. The fourth-order valence-electron chi connectivity index (χ4n) is 3.02. The summed E-state index contributed by atoms with van der Waals surface area (Å²) in [5, 5.41) is 22.5. The number of anilines is 1. The van der Waals surface area contributed by atoms with Crippen LogP contribution < -0.4 is 5.32 Å². The Morgan fingerprint density at radius 1 is 1.23 bits per heavy atom. The molecule has 1 saturated heterocycles. The van der Waals surface area contributed by atoms with E-state index in [0.717, 1.165) is 5.56 Å². The van der Waals surface area contributed by atoms with Crippen molar-refractivity contribution in [2.45, 2.75) is 31.3 Å². The SMILES string of the molecule is OC[C@H]1O[C@H](c2nc3nc(Cl)nc(NCc4ccccc4)c3[nH]2)C[C@@H]1O. The van der Waals surface area contributed by atoms with E-state index in [1.54, 1.807) is 0 Å². The van der Waals surface area contributed by atoms with E-state index in [1.807, 2.05) is 30.3 Å². The molecule has 0 amide bonds. The molecule has 3 heterocycles. The first kappa shape index (κ1) is 17.2. The smallest absolute Gasteiger partial charge is 0.226 e. The Morgan fingerprint density at radius 3 is 2.77 bits per heavy atom. The number of rotatable bonds is 5. The topological polar surface area (TPSA) is 116 Å². The summed E-state index contributed by atoms with van der Waals surface area (Å²) in [5.74, 6) is 1.06. The number of aromatic amines is 1. The van der Waals surface area contributed by atoms with Gasteiger partial charge in [-0.25, -0.2) is 4.98 Å². The molecule has 9 heteroatoms. The molecule has 0 unspecified atom stereocenters. The van der Waals surface area contributed by atoms with Crippen molar-refractivity contribution in [2.24, 2.45) is 0 Å². The van der Waals surface area contributed by atoms with Gasteiger partial charge in [-0.1, -0.05) is 30.3 Å². The van der Waals surface area contributed by atoms with E-state index >= 15 is 0 Å². The lowest BCUT2D eigenvalue weighted by Gasteiger charge is -2.10. The molecule has 1 fully saturated rings. The molecule has 8 nitrogen and oxygen atoms in total. The standard InChI is InChI=1S/C17H18ClN5O3/c18-17-22-15(19-7-9-4-2-1-3-5-9)13-16(23-17)21-14(20-13)11-6-10(25)12(8-24)26-11/h1-5,10-12,24-25H,6-8H2,(H2,19,20,21,22,23)/t10-,11-,12+/m0/s1. The van der Waals surface area contributed by atoms with Gasteiger partial charge in [0.2, 0.25) is 5.28 Å². The maximum Gasteiger partial charge on any atom is 0.226 e. The van der Waals surface area contributed by atoms with Crippen LogP contribution in [0.2, 0.25) is 5.28 Å². The van der Waals surface area contributed by atoms with Crippen LogP contribution in [0.1, 0.15) is 23.9 Å². The van der Waals surface area contributed by atoms with Gasteiger partial charge in [0.15, 0.2) is 11.5 Å². The fourth-order valence-corrected chi connectivity index (χ4v) is 3.18. The molecule has 1 aromatic carbocycles. The minimum absolute atomic E-state index is 0.0896. The van der Waals surface area contributed by atoms with Gasteiger partial charge in [0.25, 0.3) is 0 Å². The summed E-state index contributed by atoms with van der Waals surface area (Å²) in [5.41, 5.74) is 2.13. The van der Waals surface area contributed by atoms with Gasteiger partial charge in [-0.05, 0) is 17.2 Å². The number of aromatic nitrogens is 4. The van der Waals surface area contributed by atoms with Crippen molar-refractivity contribution in [2.75, 3.05) is 11.9 Å². The number of hydrogen-bond donors (Lipinski definition) is 4. The molecule has 136 valence electrons. The van der Waals surface area contributed by atoms with Gasteiger partial charge in [-0.3, -0.25) is 0 Å². The van der Waals surface area contributed by atoms with Gasteiger partial charge in [0.1, 0.15) is 23.5 Å². The highest BCUT2D eigenvalue weighted by molar-refractivity contribution is 6.28. The van der Waals surface area contributed by atoms with Crippen molar-refractivity contribution in [1.82, 2.24) is 19.9 Å². The van der Waals surface area contributed by atoms with Crippen LogP contribution in [0.3, 0.4) is 0 Å². The molecule has 0 bridgehead atoms. The third-order valence-corrected chi connectivity index (χ3v) is 4.52. The zero-order chi connectivity index (χ0) is 18.1. The van der Waals surface area contributed by atoms with Crippen LogP contribution in [0.5, 0.6) is 0 Å². The Bertz CT molecular complexity index is 904. The molecule has 0 aliphatic carbocycles. The number of halogens is 1. The fraction of sp³-hybridized carbons (Fsp3) is 0.353. The number of imidazole rings is 1. The Hall–Kier alpha value is -2.26. The quantitative estimate of drug-likeness (QED) is 0.502. The predicted octanol–water partition coefficient (Wildman–Crippen LogP) is 1.80. The molecule has 4 rings (SSSR count). The van der Waals surface area contributed by atoms with Crippen molar-refractivity contribution in [1.29, 1.82) is 0 Å². The molecule has 0 saturated carbocycles. The summed E-state index contributed by atoms with van der Waals surface area (Å²) >= 11 is 6.02. The molecular formula is C17H18ClN5O3. The van der Waals surface area contributed by atoms with Crippen molar-refractivity contribution >= 4 is 28.6 Å². The number of aliphatic hydroxyl groups is 2. The van der Waals surface area contributed by atoms with Gasteiger partial charge < -0.3 is 25.3 Å². The summed E-state index contributed by atoms with van der Waals surface area (Å²) in [6.45, 7) is 0.330. The van der Waals surface area contributed by atoms with E-state index in [1.165, 1.54) is 0 Å². The molecule has 0 radical (unpaired) electrons. The van der Waals surface area contributed by atoms with E-state index in [-0.39, 0.29) is 11.9 Å². The molecular weight excluding hydrogens is 358 g/mol. The first-order valence-corrected chi connectivity index (χ1v) is 8.67. The monoisotopic (exact) mass is 375 g/mol. The normalized spacial score (nSPS) is 22.8. The minimum atomic E-state index is -0.733. The number of fused-ring (bicyclic) bond motifs is 1. The highest BCUT2D eigenvalue weighted by Gasteiger charge is 2.36. The maximum atomic E-state index is 9.92. The number of nitrogens with zero attached hydrogens (tertiary/aromatic N) is 3. The Morgan fingerprint density at radius 2 is 2.04 bits per heavy atom. The lowest BCUT2D eigenvalue weighted by atomic mass is 10.1. The highest BCUT2D eigenvalue weighted by Crippen LogP contribution is 2.33. The molecule has 1 aliphatic heterocycles. The summed E-state index contributed by atoms with van der Waals surface area (Å²) in [6.07, 6.45) is -1.45. The lowest BCUT2D eigenvalue weighted by molar-refractivity contribution is -0.0244.